The Hall–Kier alpha value is -1.39. The molecule has 1 saturated carbocycles. The summed E-state index contributed by atoms with van der Waals surface area (Å²) in [6, 6.07) is 9.62. The van der Waals surface area contributed by atoms with Crippen LogP contribution in [0.1, 0.15) is 28.8 Å². The predicted molar refractivity (Wildman–Crippen MR) is 86.3 cm³/mol. The molecular weight excluding hydrogens is 352 g/mol. The average Bonchev–Trinajstić information content (AvgIpc) is 3.33. The summed E-state index contributed by atoms with van der Waals surface area (Å²) in [5, 5.41) is 0.472. The third-order valence-electron chi connectivity index (χ3n) is 3.51. The minimum Gasteiger partial charge on any atom is -0.331 e. The van der Waals surface area contributed by atoms with E-state index in [2.05, 4.69) is 20.9 Å². The highest BCUT2D eigenvalue weighted by Crippen LogP contribution is 2.33. The molecule has 0 saturated heterocycles. The van der Waals surface area contributed by atoms with E-state index in [4.69, 9.17) is 11.6 Å². The molecule has 1 aromatic heterocycles. The molecule has 0 bridgehead atoms. The first-order valence-electron chi connectivity index (χ1n) is 6.80. The molecule has 1 heterocycles. The first-order chi connectivity index (χ1) is 10.2. The molecular formula is C16H14BrClN2O. The zero-order valence-corrected chi connectivity index (χ0v) is 13.6. The second kappa shape index (κ2) is 6.16. The Labute approximate surface area is 137 Å². The van der Waals surface area contributed by atoms with Gasteiger partial charge < -0.3 is 4.90 Å². The third kappa shape index (κ3) is 3.27. The van der Waals surface area contributed by atoms with E-state index in [-0.39, 0.29) is 5.91 Å². The normalized spacial score (nSPS) is 14.0. The third-order valence-corrected chi connectivity index (χ3v) is 4.80. The number of carbonyl (C=O) groups is 1. The minimum atomic E-state index is -0.0207. The smallest absolute Gasteiger partial charge is 0.255 e. The maximum Gasteiger partial charge on any atom is 0.255 e. The molecule has 0 radical (unpaired) electrons. The van der Waals surface area contributed by atoms with E-state index >= 15 is 0 Å². The highest BCUT2D eigenvalue weighted by Gasteiger charge is 2.33. The summed E-state index contributed by atoms with van der Waals surface area (Å²) >= 11 is 9.62. The van der Waals surface area contributed by atoms with E-state index in [1.165, 1.54) is 0 Å². The molecule has 1 fully saturated rings. The fraction of sp³-hybridized carbons (Fsp3) is 0.250. The van der Waals surface area contributed by atoms with Gasteiger partial charge in [0.05, 0.1) is 10.6 Å². The maximum absolute atomic E-state index is 12.8. The first kappa shape index (κ1) is 14.5. The van der Waals surface area contributed by atoms with Gasteiger partial charge >= 0.3 is 0 Å². The van der Waals surface area contributed by atoms with Gasteiger partial charge in [-0.3, -0.25) is 9.78 Å². The number of carbonyl (C=O) groups excluding carboxylic acids is 1. The van der Waals surface area contributed by atoms with Crippen LogP contribution < -0.4 is 0 Å². The number of nitrogens with zero attached hydrogens (tertiary/aromatic N) is 2. The SMILES string of the molecule is O=C(c1cccc(Br)c1Cl)N(Cc1cccnc1)C1CC1. The number of halogens is 2. The molecule has 21 heavy (non-hydrogen) atoms. The Bertz CT molecular complexity index is 659. The minimum absolute atomic E-state index is 0.0207. The van der Waals surface area contributed by atoms with E-state index < -0.39 is 0 Å². The topological polar surface area (TPSA) is 33.2 Å². The maximum atomic E-state index is 12.8. The van der Waals surface area contributed by atoms with Crippen molar-refractivity contribution in [2.75, 3.05) is 0 Å². The molecule has 1 aliphatic rings. The van der Waals surface area contributed by atoms with Crippen molar-refractivity contribution >= 4 is 33.4 Å². The van der Waals surface area contributed by atoms with Crippen LogP contribution in [0.5, 0.6) is 0 Å². The number of amides is 1. The Morgan fingerprint density at radius 3 is 2.81 bits per heavy atom. The molecule has 1 amide bonds. The lowest BCUT2D eigenvalue weighted by Crippen LogP contribution is -2.32. The average molecular weight is 366 g/mol. The molecule has 3 nitrogen and oxygen atoms in total. The molecule has 1 aromatic carbocycles. The summed E-state index contributed by atoms with van der Waals surface area (Å²) in [6.45, 7) is 0.570. The standard InChI is InChI=1S/C16H14BrClN2O/c17-14-5-1-4-13(15(14)18)16(21)20(12-6-7-12)10-11-3-2-8-19-9-11/h1-5,8-9,12H,6-7,10H2. The Balaban J connectivity index is 1.87. The van der Waals surface area contributed by atoms with Crippen LogP contribution in [-0.4, -0.2) is 21.8 Å². The molecule has 0 spiro atoms. The Morgan fingerprint density at radius 1 is 1.33 bits per heavy atom. The highest BCUT2D eigenvalue weighted by atomic mass is 79.9. The summed E-state index contributed by atoms with van der Waals surface area (Å²) in [5.74, 6) is -0.0207. The lowest BCUT2D eigenvalue weighted by atomic mass is 10.1. The zero-order chi connectivity index (χ0) is 14.8. The number of aromatic nitrogens is 1. The van der Waals surface area contributed by atoms with Gasteiger partial charge in [0.15, 0.2) is 0 Å². The van der Waals surface area contributed by atoms with Crippen LogP contribution in [0.3, 0.4) is 0 Å². The quantitative estimate of drug-likeness (QED) is 0.809. The van der Waals surface area contributed by atoms with Gasteiger partial charge in [0.2, 0.25) is 0 Å². The van der Waals surface area contributed by atoms with E-state index in [1.54, 1.807) is 18.5 Å². The Morgan fingerprint density at radius 2 is 2.14 bits per heavy atom. The molecule has 108 valence electrons. The number of benzene rings is 1. The van der Waals surface area contributed by atoms with E-state index in [1.807, 2.05) is 29.2 Å². The van der Waals surface area contributed by atoms with Crippen molar-refractivity contribution in [3.8, 4) is 0 Å². The van der Waals surface area contributed by atoms with Gasteiger partial charge in [-0.1, -0.05) is 23.7 Å². The lowest BCUT2D eigenvalue weighted by Gasteiger charge is -2.23. The monoisotopic (exact) mass is 364 g/mol. The fourth-order valence-electron chi connectivity index (χ4n) is 2.26. The first-order valence-corrected chi connectivity index (χ1v) is 7.98. The van der Waals surface area contributed by atoms with Crippen LogP contribution >= 0.6 is 27.5 Å². The number of hydrogen-bond donors (Lipinski definition) is 0. The summed E-state index contributed by atoms with van der Waals surface area (Å²) in [6.07, 6.45) is 5.64. The van der Waals surface area contributed by atoms with E-state index in [9.17, 15) is 4.79 Å². The van der Waals surface area contributed by atoms with Crippen molar-refractivity contribution < 1.29 is 4.79 Å². The van der Waals surface area contributed by atoms with E-state index in [0.29, 0.717) is 23.2 Å². The van der Waals surface area contributed by atoms with Gasteiger partial charge in [-0.25, -0.2) is 0 Å². The Kier molecular flexibility index (Phi) is 4.27. The van der Waals surface area contributed by atoms with Crippen molar-refractivity contribution in [3.63, 3.8) is 0 Å². The van der Waals surface area contributed by atoms with Gasteiger partial charge in [-0.15, -0.1) is 0 Å². The number of pyridine rings is 1. The van der Waals surface area contributed by atoms with Crippen LogP contribution in [0.4, 0.5) is 0 Å². The molecule has 5 heteroatoms. The summed E-state index contributed by atoms with van der Waals surface area (Å²) in [4.78, 5) is 18.8. The zero-order valence-electron chi connectivity index (χ0n) is 11.3. The van der Waals surface area contributed by atoms with Gasteiger partial charge in [0, 0.05) is 29.5 Å². The van der Waals surface area contributed by atoms with Gasteiger partial charge in [0.1, 0.15) is 0 Å². The van der Waals surface area contributed by atoms with Crippen molar-refractivity contribution in [1.82, 2.24) is 9.88 Å². The summed E-state index contributed by atoms with van der Waals surface area (Å²) in [5.41, 5.74) is 1.57. The van der Waals surface area contributed by atoms with Gasteiger partial charge in [0.25, 0.3) is 5.91 Å². The number of hydrogen-bond acceptors (Lipinski definition) is 2. The number of rotatable bonds is 4. The summed E-state index contributed by atoms with van der Waals surface area (Å²) < 4.78 is 0.743. The summed E-state index contributed by atoms with van der Waals surface area (Å²) in [7, 11) is 0. The second-order valence-electron chi connectivity index (χ2n) is 5.13. The van der Waals surface area contributed by atoms with Crippen molar-refractivity contribution in [2.24, 2.45) is 0 Å². The molecule has 2 aromatic rings. The molecule has 0 N–H and O–H groups in total. The molecule has 0 aliphatic heterocycles. The van der Waals surface area contributed by atoms with Crippen LogP contribution in [-0.2, 0) is 6.54 Å². The largest absolute Gasteiger partial charge is 0.331 e. The lowest BCUT2D eigenvalue weighted by molar-refractivity contribution is 0.0730. The molecule has 0 unspecified atom stereocenters. The van der Waals surface area contributed by atoms with Crippen molar-refractivity contribution in [1.29, 1.82) is 0 Å². The molecule has 1 aliphatic carbocycles. The molecule has 0 atom stereocenters. The van der Waals surface area contributed by atoms with Crippen LogP contribution in [0.25, 0.3) is 0 Å². The van der Waals surface area contributed by atoms with Crippen LogP contribution in [0, 0.1) is 0 Å². The second-order valence-corrected chi connectivity index (χ2v) is 6.36. The van der Waals surface area contributed by atoms with E-state index in [0.717, 1.165) is 22.9 Å². The molecule has 3 rings (SSSR count). The predicted octanol–water partition coefficient (Wildman–Crippen LogP) is 4.30. The van der Waals surface area contributed by atoms with Crippen molar-refractivity contribution in [2.45, 2.75) is 25.4 Å². The van der Waals surface area contributed by atoms with Crippen LogP contribution in [0.15, 0.2) is 47.2 Å². The fourth-order valence-corrected chi connectivity index (χ4v) is 2.84. The van der Waals surface area contributed by atoms with Crippen LogP contribution in [0.2, 0.25) is 5.02 Å². The van der Waals surface area contributed by atoms with Gasteiger partial charge in [-0.05, 0) is 52.5 Å². The van der Waals surface area contributed by atoms with Gasteiger partial charge in [-0.2, -0.15) is 0 Å². The highest BCUT2D eigenvalue weighted by molar-refractivity contribution is 9.10. The van der Waals surface area contributed by atoms with Crippen molar-refractivity contribution in [3.05, 3.63) is 63.3 Å².